The quantitative estimate of drug-likeness (QED) is 0.848. The number of nitrogens with zero attached hydrogens (tertiary/aromatic N) is 1. The molecule has 1 N–H and O–H groups in total. The van der Waals surface area contributed by atoms with Crippen LogP contribution in [0.3, 0.4) is 0 Å². The van der Waals surface area contributed by atoms with E-state index in [0.29, 0.717) is 6.04 Å². The number of hydrogen-bond acceptors (Lipinski definition) is 2. The lowest BCUT2D eigenvalue weighted by Gasteiger charge is -2.40. The smallest absolute Gasteiger partial charge is 0.306 e. The summed E-state index contributed by atoms with van der Waals surface area (Å²) in [4.78, 5) is 13.1. The van der Waals surface area contributed by atoms with E-state index in [0.717, 1.165) is 25.9 Å². The van der Waals surface area contributed by atoms with Gasteiger partial charge in [0.1, 0.15) is 0 Å². The van der Waals surface area contributed by atoms with E-state index in [1.54, 1.807) is 0 Å². The molecule has 3 nitrogen and oxygen atoms in total. The Morgan fingerprint density at radius 3 is 2.53 bits per heavy atom. The predicted octanol–water partition coefficient (Wildman–Crippen LogP) is 2.37. The van der Waals surface area contributed by atoms with Crippen LogP contribution in [0.5, 0.6) is 0 Å². The molecule has 3 heteroatoms. The number of rotatable bonds is 5. The van der Waals surface area contributed by atoms with Gasteiger partial charge in [0.15, 0.2) is 0 Å². The normalized spacial score (nSPS) is 23.4. The summed E-state index contributed by atoms with van der Waals surface area (Å²) in [6.45, 7) is 4.04. The molecular formula is C14H19NO2. The van der Waals surface area contributed by atoms with E-state index in [1.165, 1.54) is 5.56 Å². The fourth-order valence-electron chi connectivity index (χ4n) is 2.40. The van der Waals surface area contributed by atoms with Crippen LogP contribution < -0.4 is 0 Å². The number of carbonyl (C=O) groups is 1. The fourth-order valence-corrected chi connectivity index (χ4v) is 2.40. The fraction of sp³-hybridized carbons (Fsp3) is 0.500. The molecule has 0 spiro atoms. The molecule has 1 aliphatic carbocycles. The number of aliphatic carboxylic acids is 1. The summed E-state index contributed by atoms with van der Waals surface area (Å²) in [5, 5.41) is 8.88. The Labute approximate surface area is 102 Å². The highest BCUT2D eigenvalue weighted by molar-refractivity contribution is 5.71. The van der Waals surface area contributed by atoms with Crippen LogP contribution in [0.2, 0.25) is 0 Å². The first-order valence-electron chi connectivity index (χ1n) is 6.21. The largest absolute Gasteiger partial charge is 0.481 e. The molecule has 1 saturated carbocycles. The third-order valence-electron chi connectivity index (χ3n) is 3.61. The van der Waals surface area contributed by atoms with E-state index in [9.17, 15) is 4.79 Å². The van der Waals surface area contributed by atoms with Crippen LogP contribution >= 0.6 is 0 Å². The molecule has 17 heavy (non-hydrogen) atoms. The van der Waals surface area contributed by atoms with Gasteiger partial charge in [-0.1, -0.05) is 37.3 Å². The minimum Gasteiger partial charge on any atom is -0.481 e. The molecule has 1 aliphatic rings. The Bertz CT molecular complexity index is 371. The molecule has 0 saturated heterocycles. The second-order valence-electron chi connectivity index (χ2n) is 4.71. The van der Waals surface area contributed by atoms with Crippen molar-refractivity contribution in [1.29, 1.82) is 0 Å². The van der Waals surface area contributed by atoms with Crippen LogP contribution in [0.25, 0.3) is 0 Å². The SMILES string of the molecule is CCN(Cc1ccccc1)C1CC(C(=O)O)C1. The lowest BCUT2D eigenvalue weighted by atomic mass is 9.79. The van der Waals surface area contributed by atoms with Crippen molar-refractivity contribution < 1.29 is 9.90 Å². The molecule has 92 valence electrons. The van der Waals surface area contributed by atoms with Gasteiger partial charge in [0.25, 0.3) is 0 Å². The molecule has 0 aromatic heterocycles. The van der Waals surface area contributed by atoms with Crippen LogP contribution in [0, 0.1) is 5.92 Å². The summed E-state index contributed by atoms with van der Waals surface area (Å²) < 4.78 is 0. The maximum absolute atomic E-state index is 10.8. The minimum atomic E-state index is -0.642. The van der Waals surface area contributed by atoms with E-state index < -0.39 is 5.97 Å². The standard InChI is InChI=1S/C14H19NO2/c1-2-15(10-11-6-4-3-5-7-11)13-8-12(9-13)14(16)17/h3-7,12-13H,2,8-10H2,1H3,(H,16,17). The topological polar surface area (TPSA) is 40.5 Å². The summed E-state index contributed by atoms with van der Waals surface area (Å²) in [6, 6.07) is 10.8. The third kappa shape index (κ3) is 2.86. The lowest BCUT2D eigenvalue weighted by Crippen LogP contribution is -2.46. The zero-order valence-corrected chi connectivity index (χ0v) is 10.2. The van der Waals surface area contributed by atoms with E-state index >= 15 is 0 Å². The Balaban J connectivity index is 1.89. The lowest BCUT2D eigenvalue weighted by molar-refractivity contribution is -0.147. The zero-order chi connectivity index (χ0) is 12.3. The highest BCUT2D eigenvalue weighted by atomic mass is 16.4. The summed E-state index contributed by atoms with van der Waals surface area (Å²) in [5.41, 5.74) is 1.30. The van der Waals surface area contributed by atoms with Crippen LogP contribution in [-0.4, -0.2) is 28.6 Å². The molecule has 0 atom stereocenters. The molecule has 0 bridgehead atoms. The summed E-state index contributed by atoms with van der Waals surface area (Å²) in [5.74, 6) is -0.762. The number of benzene rings is 1. The van der Waals surface area contributed by atoms with Gasteiger partial charge in [0.2, 0.25) is 0 Å². The second kappa shape index (κ2) is 5.32. The van der Waals surface area contributed by atoms with E-state index in [-0.39, 0.29) is 5.92 Å². The number of carboxylic acids is 1. The number of carboxylic acid groups (broad SMARTS) is 1. The summed E-state index contributed by atoms with van der Waals surface area (Å²) in [7, 11) is 0. The Kier molecular flexibility index (Phi) is 3.79. The first-order valence-corrected chi connectivity index (χ1v) is 6.21. The average Bonchev–Trinajstić information content (AvgIpc) is 2.26. The monoisotopic (exact) mass is 233 g/mol. The third-order valence-corrected chi connectivity index (χ3v) is 3.61. The van der Waals surface area contributed by atoms with Gasteiger partial charge in [-0.3, -0.25) is 9.69 Å². The Morgan fingerprint density at radius 1 is 1.35 bits per heavy atom. The van der Waals surface area contributed by atoms with Crippen molar-refractivity contribution >= 4 is 5.97 Å². The molecule has 0 amide bonds. The molecule has 1 aromatic rings. The van der Waals surface area contributed by atoms with Crippen molar-refractivity contribution in [1.82, 2.24) is 4.90 Å². The van der Waals surface area contributed by atoms with Crippen molar-refractivity contribution in [3.63, 3.8) is 0 Å². The predicted molar refractivity (Wildman–Crippen MR) is 66.7 cm³/mol. The van der Waals surface area contributed by atoms with E-state index in [2.05, 4.69) is 24.0 Å². The molecule has 2 rings (SSSR count). The van der Waals surface area contributed by atoms with Crippen LogP contribution in [0.1, 0.15) is 25.3 Å². The number of hydrogen-bond donors (Lipinski definition) is 1. The van der Waals surface area contributed by atoms with Gasteiger partial charge < -0.3 is 5.11 Å². The molecule has 0 aliphatic heterocycles. The van der Waals surface area contributed by atoms with E-state index in [4.69, 9.17) is 5.11 Å². The molecule has 1 aromatic carbocycles. The van der Waals surface area contributed by atoms with Gasteiger partial charge in [-0.25, -0.2) is 0 Å². The Hall–Kier alpha value is -1.35. The van der Waals surface area contributed by atoms with Crippen molar-refractivity contribution in [3.05, 3.63) is 35.9 Å². The van der Waals surface area contributed by atoms with Gasteiger partial charge in [-0.2, -0.15) is 0 Å². The Morgan fingerprint density at radius 2 is 2.00 bits per heavy atom. The highest BCUT2D eigenvalue weighted by Gasteiger charge is 2.37. The minimum absolute atomic E-state index is 0.121. The van der Waals surface area contributed by atoms with Gasteiger partial charge >= 0.3 is 5.97 Å². The molecule has 1 fully saturated rings. The van der Waals surface area contributed by atoms with Crippen molar-refractivity contribution in [2.24, 2.45) is 5.92 Å². The van der Waals surface area contributed by atoms with Gasteiger partial charge in [0.05, 0.1) is 5.92 Å². The first-order chi connectivity index (χ1) is 8.20. The molecule has 0 heterocycles. The van der Waals surface area contributed by atoms with Gasteiger partial charge in [-0.15, -0.1) is 0 Å². The maximum Gasteiger partial charge on any atom is 0.306 e. The summed E-state index contributed by atoms with van der Waals surface area (Å²) >= 11 is 0. The van der Waals surface area contributed by atoms with Gasteiger partial charge in [0, 0.05) is 12.6 Å². The van der Waals surface area contributed by atoms with Crippen LogP contribution in [-0.2, 0) is 11.3 Å². The second-order valence-corrected chi connectivity index (χ2v) is 4.71. The average molecular weight is 233 g/mol. The van der Waals surface area contributed by atoms with Crippen molar-refractivity contribution in [2.45, 2.75) is 32.4 Å². The van der Waals surface area contributed by atoms with Crippen molar-refractivity contribution in [3.8, 4) is 0 Å². The highest BCUT2D eigenvalue weighted by Crippen LogP contribution is 2.32. The molecule has 0 radical (unpaired) electrons. The van der Waals surface area contributed by atoms with Crippen molar-refractivity contribution in [2.75, 3.05) is 6.54 Å². The van der Waals surface area contributed by atoms with Crippen LogP contribution in [0.4, 0.5) is 0 Å². The van der Waals surface area contributed by atoms with Gasteiger partial charge in [-0.05, 0) is 24.9 Å². The van der Waals surface area contributed by atoms with Crippen LogP contribution in [0.15, 0.2) is 30.3 Å². The molecule has 0 unspecified atom stereocenters. The van der Waals surface area contributed by atoms with E-state index in [1.807, 2.05) is 18.2 Å². The zero-order valence-electron chi connectivity index (χ0n) is 10.2. The molecular weight excluding hydrogens is 214 g/mol. The maximum atomic E-state index is 10.8. The first kappa shape index (κ1) is 12.1. The summed E-state index contributed by atoms with van der Waals surface area (Å²) in [6.07, 6.45) is 1.60.